The highest BCUT2D eigenvalue weighted by molar-refractivity contribution is 5.82. The topological polar surface area (TPSA) is 40.6 Å². The minimum atomic E-state index is -0.260. The molecule has 0 aromatic heterocycles. The predicted molar refractivity (Wildman–Crippen MR) is 85.3 cm³/mol. The molecule has 1 aliphatic carbocycles. The third kappa shape index (κ3) is 3.89. The Bertz CT molecular complexity index is 575. The van der Waals surface area contributed by atoms with Crippen molar-refractivity contribution in [1.82, 2.24) is 9.80 Å². The number of nitrogens with zero attached hydrogens (tertiary/aromatic N) is 2. The van der Waals surface area contributed by atoms with Crippen molar-refractivity contribution in [2.24, 2.45) is 5.92 Å². The maximum atomic E-state index is 13.0. The van der Waals surface area contributed by atoms with Crippen LogP contribution in [0.4, 0.5) is 4.39 Å². The Kier molecular flexibility index (Phi) is 4.64. The lowest BCUT2D eigenvalue weighted by molar-refractivity contribution is -0.140. The molecular weight excluding hydrogens is 295 g/mol. The molecule has 3 rings (SSSR count). The second-order valence-corrected chi connectivity index (χ2v) is 6.64. The zero-order valence-corrected chi connectivity index (χ0v) is 13.5. The SMILES string of the molecule is CC(CC(=O)N1CCN(C(=O)C2CC2)CC1)c1ccc(F)cc1. The molecule has 1 heterocycles. The van der Waals surface area contributed by atoms with Gasteiger partial charge in [-0.1, -0.05) is 19.1 Å². The van der Waals surface area contributed by atoms with Crippen molar-refractivity contribution in [3.63, 3.8) is 0 Å². The van der Waals surface area contributed by atoms with Crippen molar-refractivity contribution < 1.29 is 14.0 Å². The van der Waals surface area contributed by atoms with Gasteiger partial charge in [0, 0.05) is 38.5 Å². The number of hydrogen-bond acceptors (Lipinski definition) is 2. The van der Waals surface area contributed by atoms with Crippen LogP contribution in [-0.2, 0) is 9.59 Å². The summed E-state index contributed by atoms with van der Waals surface area (Å²) < 4.78 is 13.0. The zero-order chi connectivity index (χ0) is 16.4. The molecule has 23 heavy (non-hydrogen) atoms. The van der Waals surface area contributed by atoms with Crippen molar-refractivity contribution in [3.8, 4) is 0 Å². The summed E-state index contributed by atoms with van der Waals surface area (Å²) in [6, 6.07) is 6.33. The van der Waals surface area contributed by atoms with Crippen molar-refractivity contribution in [1.29, 1.82) is 0 Å². The molecule has 2 fully saturated rings. The Balaban J connectivity index is 1.49. The lowest BCUT2D eigenvalue weighted by Gasteiger charge is -2.35. The number of piperazine rings is 1. The Hall–Kier alpha value is -1.91. The first-order valence-electron chi connectivity index (χ1n) is 8.36. The fraction of sp³-hybridized carbons (Fsp3) is 0.556. The van der Waals surface area contributed by atoms with E-state index in [1.807, 2.05) is 16.7 Å². The summed E-state index contributed by atoms with van der Waals surface area (Å²) >= 11 is 0. The van der Waals surface area contributed by atoms with E-state index >= 15 is 0 Å². The third-order valence-electron chi connectivity index (χ3n) is 4.79. The maximum absolute atomic E-state index is 13.0. The van der Waals surface area contributed by atoms with E-state index in [4.69, 9.17) is 0 Å². The van der Waals surface area contributed by atoms with Gasteiger partial charge in [-0.15, -0.1) is 0 Å². The van der Waals surface area contributed by atoms with Gasteiger partial charge in [-0.2, -0.15) is 0 Å². The fourth-order valence-corrected chi connectivity index (χ4v) is 3.06. The van der Waals surface area contributed by atoms with E-state index in [0.29, 0.717) is 32.6 Å². The van der Waals surface area contributed by atoms with E-state index in [0.717, 1.165) is 18.4 Å². The summed E-state index contributed by atoms with van der Waals surface area (Å²) in [5, 5.41) is 0. The summed E-state index contributed by atoms with van der Waals surface area (Å²) in [5.41, 5.74) is 0.974. The van der Waals surface area contributed by atoms with Gasteiger partial charge in [0.1, 0.15) is 5.82 Å². The lowest BCUT2D eigenvalue weighted by Crippen LogP contribution is -2.51. The number of carbonyl (C=O) groups excluding carboxylic acids is 2. The number of rotatable bonds is 4. The van der Waals surface area contributed by atoms with Gasteiger partial charge in [-0.3, -0.25) is 9.59 Å². The summed E-state index contributed by atoms with van der Waals surface area (Å²) in [5.74, 6) is 0.422. The van der Waals surface area contributed by atoms with Crippen LogP contribution in [0.2, 0.25) is 0 Å². The van der Waals surface area contributed by atoms with Crippen LogP contribution >= 0.6 is 0 Å². The first kappa shape index (κ1) is 16.0. The quantitative estimate of drug-likeness (QED) is 0.855. The number of amides is 2. The van der Waals surface area contributed by atoms with Gasteiger partial charge in [0.05, 0.1) is 0 Å². The van der Waals surface area contributed by atoms with Gasteiger partial charge in [-0.05, 0) is 36.5 Å². The van der Waals surface area contributed by atoms with Crippen LogP contribution in [0.15, 0.2) is 24.3 Å². The second-order valence-electron chi connectivity index (χ2n) is 6.64. The molecule has 1 saturated carbocycles. The molecule has 4 nitrogen and oxygen atoms in total. The standard InChI is InChI=1S/C18H23FN2O2/c1-13(14-4-6-16(19)7-5-14)12-17(22)20-8-10-21(11-9-20)18(23)15-2-3-15/h4-7,13,15H,2-3,8-12H2,1H3. The Morgan fingerprint density at radius 1 is 1.09 bits per heavy atom. The summed E-state index contributed by atoms with van der Waals surface area (Å²) in [6.45, 7) is 4.51. The average molecular weight is 318 g/mol. The molecule has 0 spiro atoms. The second kappa shape index (κ2) is 6.69. The number of halogens is 1. The van der Waals surface area contributed by atoms with Crippen LogP contribution < -0.4 is 0 Å². The predicted octanol–water partition coefficient (Wildman–Crippen LogP) is 2.40. The maximum Gasteiger partial charge on any atom is 0.225 e. The molecule has 2 amide bonds. The van der Waals surface area contributed by atoms with Crippen molar-refractivity contribution in [2.75, 3.05) is 26.2 Å². The van der Waals surface area contributed by atoms with E-state index in [9.17, 15) is 14.0 Å². The molecule has 1 unspecified atom stereocenters. The van der Waals surface area contributed by atoms with Gasteiger partial charge in [0.25, 0.3) is 0 Å². The Morgan fingerprint density at radius 2 is 1.65 bits per heavy atom. The fourth-order valence-electron chi connectivity index (χ4n) is 3.06. The van der Waals surface area contributed by atoms with E-state index in [-0.39, 0.29) is 29.5 Å². The van der Waals surface area contributed by atoms with Gasteiger partial charge >= 0.3 is 0 Å². The number of hydrogen-bond donors (Lipinski definition) is 0. The van der Waals surface area contributed by atoms with E-state index in [1.54, 1.807) is 12.1 Å². The third-order valence-corrected chi connectivity index (χ3v) is 4.79. The van der Waals surface area contributed by atoms with Crippen LogP contribution in [0.5, 0.6) is 0 Å². The minimum Gasteiger partial charge on any atom is -0.339 e. The summed E-state index contributed by atoms with van der Waals surface area (Å²) in [7, 11) is 0. The van der Waals surface area contributed by atoms with Crippen LogP contribution in [0.25, 0.3) is 0 Å². The van der Waals surface area contributed by atoms with Gasteiger partial charge < -0.3 is 9.80 Å². The van der Waals surface area contributed by atoms with Crippen molar-refractivity contribution in [2.45, 2.75) is 32.1 Å². The Labute approximate surface area is 136 Å². The molecule has 0 bridgehead atoms. The van der Waals surface area contributed by atoms with Gasteiger partial charge in [0.15, 0.2) is 0 Å². The zero-order valence-electron chi connectivity index (χ0n) is 13.5. The molecule has 1 aromatic rings. The number of benzene rings is 1. The molecule has 124 valence electrons. The van der Waals surface area contributed by atoms with E-state index < -0.39 is 0 Å². The molecule has 2 aliphatic rings. The normalized spacial score (nSPS) is 19.6. The molecule has 0 radical (unpaired) electrons. The van der Waals surface area contributed by atoms with Crippen LogP contribution in [0.1, 0.15) is 37.7 Å². The smallest absolute Gasteiger partial charge is 0.225 e. The molecule has 5 heteroatoms. The first-order chi connectivity index (χ1) is 11.0. The summed E-state index contributed by atoms with van der Waals surface area (Å²) in [4.78, 5) is 28.2. The Morgan fingerprint density at radius 3 is 2.22 bits per heavy atom. The van der Waals surface area contributed by atoms with Gasteiger partial charge in [0.2, 0.25) is 11.8 Å². The highest BCUT2D eigenvalue weighted by Gasteiger charge is 2.35. The van der Waals surface area contributed by atoms with Crippen LogP contribution in [0.3, 0.4) is 0 Å². The van der Waals surface area contributed by atoms with E-state index in [2.05, 4.69) is 0 Å². The van der Waals surface area contributed by atoms with Crippen LogP contribution in [0, 0.1) is 11.7 Å². The van der Waals surface area contributed by atoms with Gasteiger partial charge in [-0.25, -0.2) is 4.39 Å². The first-order valence-corrected chi connectivity index (χ1v) is 8.36. The van der Waals surface area contributed by atoms with Crippen LogP contribution in [-0.4, -0.2) is 47.8 Å². The molecule has 1 aliphatic heterocycles. The largest absolute Gasteiger partial charge is 0.339 e. The summed E-state index contributed by atoms with van der Waals surface area (Å²) in [6.07, 6.45) is 2.46. The molecular formula is C18H23FN2O2. The molecule has 1 saturated heterocycles. The molecule has 1 atom stereocenters. The van der Waals surface area contributed by atoms with E-state index in [1.165, 1.54) is 12.1 Å². The van der Waals surface area contributed by atoms with Crippen molar-refractivity contribution in [3.05, 3.63) is 35.6 Å². The number of carbonyl (C=O) groups is 2. The highest BCUT2D eigenvalue weighted by atomic mass is 19.1. The molecule has 1 aromatic carbocycles. The monoisotopic (exact) mass is 318 g/mol. The lowest BCUT2D eigenvalue weighted by atomic mass is 9.97. The average Bonchev–Trinajstić information content (AvgIpc) is 3.40. The highest BCUT2D eigenvalue weighted by Crippen LogP contribution is 2.31. The molecule has 0 N–H and O–H groups in total. The van der Waals surface area contributed by atoms with Crippen molar-refractivity contribution >= 4 is 11.8 Å². The minimum absolute atomic E-state index is 0.0641.